The zero-order valence-corrected chi connectivity index (χ0v) is 18.4. The van der Waals surface area contributed by atoms with Gasteiger partial charge in [0, 0.05) is 18.5 Å². The van der Waals surface area contributed by atoms with Crippen LogP contribution in [0.4, 0.5) is 13.6 Å². The number of carbonyl (C=O) groups is 3. The summed E-state index contributed by atoms with van der Waals surface area (Å²) in [6.45, 7) is 7.72. The number of aliphatic carboxylic acids is 1. The van der Waals surface area contributed by atoms with Gasteiger partial charge in [-0.15, -0.1) is 0 Å². The van der Waals surface area contributed by atoms with E-state index in [1.165, 1.54) is 25.7 Å². The number of halogens is 2. The molecule has 1 saturated heterocycles. The van der Waals surface area contributed by atoms with Gasteiger partial charge in [0.2, 0.25) is 0 Å². The van der Waals surface area contributed by atoms with Crippen molar-refractivity contribution in [1.82, 2.24) is 4.90 Å². The zero-order valence-electron chi connectivity index (χ0n) is 18.4. The van der Waals surface area contributed by atoms with E-state index in [-0.39, 0.29) is 19.5 Å². The Morgan fingerprint density at radius 3 is 2.19 bits per heavy atom. The maximum Gasteiger partial charge on any atom is 0.410 e. The van der Waals surface area contributed by atoms with Gasteiger partial charge in [-0.3, -0.25) is 4.79 Å². The molecule has 9 heteroatoms. The van der Waals surface area contributed by atoms with E-state index in [0.717, 1.165) is 5.56 Å². The Hall–Kier alpha value is -2.71. The van der Waals surface area contributed by atoms with Crippen molar-refractivity contribution in [1.29, 1.82) is 0 Å². The number of amides is 1. The van der Waals surface area contributed by atoms with Crippen LogP contribution in [0, 0.1) is 11.3 Å². The largest absolute Gasteiger partial charge is 0.477 e. The van der Waals surface area contributed by atoms with Crippen LogP contribution in [0.5, 0.6) is 0 Å². The standard InChI is InChI=1S/C22H29F2NO6/c1-20(2,3)17(22(23,24)18(27)28)30-16(26)14-11-12-25(13-14)19(29)31-21(4,5)15-9-7-6-8-10-15/h6-10,14,17H,11-13H2,1-5H3,(H,27,28). The topological polar surface area (TPSA) is 93.1 Å². The highest BCUT2D eigenvalue weighted by molar-refractivity contribution is 5.79. The number of rotatable bonds is 6. The summed E-state index contributed by atoms with van der Waals surface area (Å²) in [5.41, 5.74) is -1.42. The number of carboxylic acids is 1. The number of hydrogen-bond acceptors (Lipinski definition) is 5. The summed E-state index contributed by atoms with van der Waals surface area (Å²) in [6, 6.07) is 9.15. The third kappa shape index (κ3) is 5.71. The van der Waals surface area contributed by atoms with Crippen LogP contribution in [0.1, 0.15) is 46.6 Å². The molecule has 1 amide bonds. The van der Waals surface area contributed by atoms with Gasteiger partial charge in [0.15, 0.2) is 6.10 Å². The van der Waals surface area contributed by atoms with Crippen molar-refractivity contribution in [2.45, 2.75) is 58.7 Å². The van der Waals surface area contributed by atoms with Crippen LogP contribution in [0.2, 0.25) is 0 Å². The van der Waals surface area contributed by atoms with E-state index in [1.54, 1.807) is 13.8 Å². The van der Waals surface area contributed by atoms with E-state index >= 15 is 0 Å². The molecular weight excluding hydrogens is 412 g/mol. The maximum atomic E-state index is 14.1. The fraction of sp³-hybridized carbons (Fsp3) is 0.591. The zero-order chi connectivity index (χ0) is 23.6. The number of esters is 1. The molecule has 2 rings (SSSR count). The van der Waals surface area contributed by atoms with Crippen LogP contribution >= 0.6 is 0 Å². The summed E-state index contributed by atoms with van der Waals surface area (Å²) in [4.78, 5) is 37.4. The van der Waals surface area contributed by atoms with Crippen LogP contribution in [0.25, 0.3) is 0 Å². The number of benzene rings is 1. The van der Waals surface area contributed by atoms with Gasteiger partial charge in [-0.2, -0.15) is 8.78 Å². The molecule has 1 N–H and O–H groups in total. The fourth-order valence-corrected chi connectivity index (χ4v) is 3.42. The molecule has 1 aromatic carbocycles. The molecule has 1 aromatic rings. The molecule has 0 aromatic heterocycles. The van der Waals surface area contributed by atoms with E-state index in [9.17, 15) is 23.2 Å². The predicted molar refractivity (Wildman–Crippen MR) is 108 cm³/mol. The molecule has 1 heterocycles. The molecule has 0 aliphatic carbocycles. The van der Waals surface area contributed by atoms with Gasteiger partial charge in [0.1, 0.15) is 5.60 Å². The summed E-state index contributed by atoms with van der Waals surface area (Å²) in [5.74, 6) is -8.41. The molecule has 1 fully saturated rings. The molecule has 2 unspecified atom stereocenters. The molecule has 0 bridgehead atoms. The smallest absolute Gasteiger partial charge is 0.410 e. The number of carboxylic acid groups (broad SMARTS) is 1. The van der Waals surface area contributed by atoms with E-state index in [4.69, 9.17) is 14.6 Å². The lowest BCUT2D eigenvalue weighted by Crippen LogP contribution is -2.51. The van der Waals surface area contributed by atoms with Gasteiger partial charge < -0.3 is 19.5 Å². The van der Waals surface area contributed by atoms with Crippen LogP contribution in [0.3, 0.4) is 0 Å². The molecule has 0 spiro atoms. The normalized spacial score (nSPS) is 18.4. The predicted octanol–water partition coefficient (Wildman–Crippen LogP) is 4.06. The number of alkyl halides is 2. The van der Waals surface area contributed by atoms with Gasteiger partial charge >= 0.3 is 24.0 Å². The Balaban J connectivity index is 2.03. The van der Waals surface area contributed by atoms with Crippen molar-refractivity contribution in [2.75, 3.05) is 13.1 Å². The van der Waals surface area contributed by atoms with Crippen LogP contribution in [-0.4, -0.2) is 53.2 Å². The molecule has 1 aliphatic heterocycles. The highest BCUT2D eigenvalue weighted by Crippen LogP contribution is 2.36. The van der Waals surface area contributed by atoms with Gasteiger partial charge in [-0.25, -0.2) is 9.59 Å². The number of nitrogens with zero attached hydrogens (tertiary/aromatic N) is 1. The fourth-order valence-electron chi connectivity index (χ4n) is 3.42. The Morgan fingerprint density at radius 1 is 1.10 bits per heavy atom. The Labute approximate surface area is 180 Å². The van der Waals surface area contributed by atoms with Crippen molar-refractivity contribution in [3.8, 4) is 0 Å². The van der Waals surface area contributed by atoms with Crippen LogP contribution in [-0.2, 0) is 24.7 Å². The molecule has 31 heavy (non-hydrogen) atoms. The first-order valence-corrected chi connectivity index (χ1v) is 10.0. The maximum absolute atomic E-state index is 14.1. The van der Waals surface area contributed by atoms with Gasteiger partial charge in [-0.1, -0.05) is 51.1 Å². The lowest BCUT2D eigenvalue weighted by atomic mass is 9.85. The number of carbonyl (C=O) groups excluding carboxylic acids is 2. The summed E-state index contributed by atoms with van der Waals surface area (Å²) in [5, 5.41) is 8.86. The summed E-state index contributed by atoms with van der Waals surface area (Å²) in [7, 11) is 0. The number of hydrogen-bond donors (Lipinski definition) is 1. The van der Waals surface area contributed by atoms with E-state index < -0.39 is 47.0 Å². The minimum absolute atomic E-state index is 0.0575. The molecule has 0 radical (unpaired) electrons. The highest BCUT2D eigenvalue weighted by atomic mass is 19.3. The Kier molecular flexibility index (Phi) is 6.97. The Bertz CT molecular complexity index is 819. The molecule has 2 atom stereocenters. The number of likely N-dealkylation sites (tertiary alicyclic amines) is 1. The third-order valence-electron chi connectivity index (χ3n) is 5.23. The van der Waals surface area contributed by atoms with Crippen molar-refractivity contribution >= 4 is 18.0 Å². The minimum Gasteiger partial charge on any atom is -0.477 e. The monoisotopic (exact) mass is 441 g/mol. The first-order chi connectivity index (χ1) is 14.2. The van der Waals surface area contributed by atoms with Gasteiger partial charge in [0.05, 0.1) is 5.92 Å². The molecule has 172 valence electrons. The summed E-state index contributed by atoms with van der Waals surface area (Å²) in [6.07, 6.45) is -2.58. The molecular formula is C22H29F2NO6. The molecule has 1 aliphatic rings. The minimum atomic E-state index is -4.25. The Morgan fingerprint density at radius 2 is 1.68 bits per heavy atom. The van der Waals surface area contributed by atoms with Crippen LogP contribution in [0.15, 0.2) is 30.3 Å². The summed E-state index contributed by atoms with van der Waals surface area (Å²) >= 11 is 0. The van der Waals surface area contributed by atoms with Crippen LogP contribution < -0.4 is 0 Å². The van der Waals surface area contributed by atoms with E-state index in [2.05, 4.69) is 0 Å². The second kappa shape index (κ2) is 8.80. The quantitative estimate of drug-likeness (QED) is 0.670. The van der Waals surface area contributed by atoms with Crippen molar-refractivity contribution in [3.05, 3.63) is 35.9 Å². The van der Waals surface area contributed by atoms with Crippen molar-refractivity contribution in [3.63, 3.8) is 0 Å². The average molecular weight is 441 g/mol. The summed E-state index contributed by atoms with van der Waals surface area (Å²) < 4.78 is 38.9. The molecule has 0 saturated carbocycles. The second-order valence-electron chi connectivity index (χ2n) is 9.29. The molecule has 7 nitrogen and oxygen atoms in total. The van der Waals surface area contributed by atoms with Gasteiger partial charge in [-0.05, 0) is 25.8 Å². The first kappa shape index (κ1) is 24.6. The SMILES string of the molecule is CC(C)(OC(=O)N1CCC(C(=O)OC(C(C)(C)C)C(F)(F)C(=O)O)C1)c1ccccc1. The second-order valence-corrected chi connectivity index (χ2v) is 9.29. The van der Waals surface area contributed by atoms with Crippen molar-refractivity contribution < 1.29 is 37.7 Å². The number of ether oxygens (including phenoxy) is 2. The lowest BCUT2D eigenvalue weighted by molar-refractivity contribution is -0.209. The third-order valence-corrected chi connectivity index (χ3v) is 5.23. The van der Waals surface area contributed by atoms with E-state index in [0.29, 0.717) is 0 Å². The average Bonchev–Trinajstić information content (AvgIpc) is 3.15. The lowest BCUT2D eigenvalue weighted by Gasteiger charge is -2.34. The first-order valence-electron chi connectivity index (χ1n) is 10.0. The van der Waals surface area contributed by atoms with E-state index in [1.807, 2.05) is 30.3 Å². The van der Waals surface area contributed by atoms with Crippen molar-refractivity contribution in [2.24, 2.45) is 11.3 Å². The van der Waals surface area contributed by atoms with Gasteiger partial charge in [0.25, 0.3) is 0 Å². The highest BCUT2D eigenvalue weighted by Gasteiger charge is 2.56.